The molecule has 1 saturated heterocycles. The third-order valence-corrected chi connectivity index (χ3v) is 4.21. The normalized spacial score (nSPS) is 14.7. The van der Waals surface area contributed by atoms with E-state index in [9.17, 15) is 9.50 Å². The lowest BCUT2D eigenvalue weighted by atomic mass is 10.1. The Balaban J connectivity index is 1.69. The minimum absolute atomic E-state index is 0.0844. The van der Waals surface area contributed by atoms with Crippen molar-refractivity contribution in [2.75, 3.05) is 18.0 Å². The first-order valence-electron chi connectivity index (χ1n) is 8.75. The lowest BCUT2D eigenvalue weighted by molar-refractivity contribution is 0.0848. The summed E-state index contributed by atoms with van der Waals surface area (Å²) in [5, 5.41) is 13.4. The van der Waals surface area contributed by atoms with Crippen LogP contribution in [0.3, 0.4) is 0 Å². The van der Waals surface area contributed by atoms with E-state index in [4.69, 9.17) is 4.84 Å². The zero-order valence-electron chi connectivity index (χ0n) is 15.0. The van der Waals surface area contributed by atoms with E-state index < -0.39 is 5.82 Å². The molecule has 0 aliphatic carbocycles. The van der Waals surface area contributed by atoms with Gasteiger partial charge in [-0.05, 0) is 13.8 Å². The molecule has 1 aliphatic heterocycles. The van der Waals surface area contributed by atoms with E-state index in [1.165, 1.54) is 0 Å². The van der Waals surface area contributed by atoms with Crippen LogP contribution in [0.5, 0.6) is 0 Å². The number of piperidine rings is 1. The quantitative estimate of drug-likeness (QED) is 0.832. The average Bonchev–Trinajstić information content (AvgIpc) is 2.67. The van der Waals surface area contributed by atoms with Gasteiger partial charge in [-0.2, -0.15) is 0 Å². The second-order valence-corrected chi connectivity index (χ2v) is 6.51. The smallest absolute Gasteiger partial charge is 0.225 e. The number of oxime groups is 1. The van der Waals surface area contributed by atoms with Crippen LogP contribution >= 0.6 is 0 Å². The van der Waals surface area contributed by atoms with Crippen LogP contribution in [0, 0.1) is 5.82 Å². The van der Waals surface area contributed by atoms with E-state index in [0.29, 0.717) is 17.1 Å². The number of benzene rings is 1. The van der Waals surface area contributed by atoms with Crippen molar-refractivity contribution in [2.24, 2.45) is 5.16 Å². The van der Waals surface area contributed by atoms with Gasteiger partial charge in [0.25, 0.3) is 0 Å². The third kappa shape index (κ3) is 4.16. The van der Waals surface area contributed by atoms with Crippen molar-refractivity contribution in [3.05, 3.63) is 42.0 Å². The van der Waals surface area contributed by atoms with E-state index in [-0.39, 0.29) is 18.3 Å². The largest absolute Gasteiger partial charge is 0.393 e. The molecule has 2 heterocycles. The molecular weight excluding hydrogens is 335 g/mol. The molecule has 7 heteroatoms. The van der Waals surface area contributed by atoms with Crippen molar-refractivity contribution >= 4 is 11.7 Å². The summed E-state index contributed by atoms with van der Waals surface area (Å²) in [6.07, 6.45) is 4.94. The lowest BCUT2D eigenvalue weighted by Gasteiger charge is -2.27. The molecule has 0 saturated carbocycles. The fourth-order valence-corrected chi connectivity index (χ4v) is 2.78. The SMILES string of the molecule is CC(C)ON=C1CCN(c2ncc(-c3cccc(CO)c3F)cn2)CC1. The Morgan fingerprint density at radius 1 is 1.23 bits per heavy atom. The number of aromatic nitrogens is 2. The zero-order valence-corrected chi connectivity index (χ0v) is 15.0. The molecule has 1 N–H and O–H groups in total. The maximum absolute atomic E-state index is 14.3. The van der Waals surface area contributed by atoms with Crippen molar-refractivity contribution in [2.45, 2.75) is 39.4 Å². The number of aliphatic hydroxyl groups is 1. The van der Waals surface area contributed by atoms with Gasteiger partial charge in [-0.15, -0.1) is 0 Å². The minimum atomic E-state index is -0.435. The molecule has 6 nitrogen and oxygen atoms in total. The molecule has 0 radical (unpaired) electrons. The average molecular weight is 358 g/mol. The van der Waals surface area contributed by atoms with Crippen molar-refractivity contribution in [1.82, 2.24) is 9.97 Å². The van der Waals surface area contributed by atoms with Crippen LogP contribution in [0.4, 0.5) is 10.3 Å². The Labute approximate surface area is 152 Å². The number of rotatable bonds is 5. The second kappa shape index (κ2) is 8.23. The lowest BCUT2D eigenvalue weighted by Crippen LogP contribution is -2.35. The van der Waals surface area contributed by atoms with Gasteiger partial charge in [0, 0.05) is 55.0 Å². The van der Waals surface area contributed by atoms with Gasteiger partial charge in [-0.1, -0.05) is 23.4 Å². The fourth-order valence-electron chi connectivity index (χ4n) is 2.78. The highest BCUT2D eigenvalue weighted by molar-refractivity contribution is 5.86. The Kier molecular flexibility index (Phi) is 5.78. The first kappa shape index (κ1) is 18.3. The molecule has 1 aliphatic rings. The van der Waals surface area contributed by atoms with Gasteiger partial charge in [-0.3, -0.25) is 0 Å². The second-order valence-electron chi connectivity index (χ2n) is 6.51. The van der Waals surface area contributed by atoms with E-state index in [0.717, 1.165) is 31.6 Å². The Morgan fingerprint density at radius 3 is 2.54 bits per heavy atom. The summed E-state index contributed by atoms with van der Waals surface area (Å²) < 4.78 is 14.3. The van der Waals surface area contributed by atoms with Crippen LogP contribution in [0.2, 0.25) is 0 Å². The topological polar surface area (TPSA) is 70.8 Å². The number of hydrogen-bond donors (Lipinski definition) is 1. The maximum Gasteiger partial charge on any atom is 0.225 e. The van der Waals surface area contributed by atoms with Crippen molar-refractivity contribution < 1.29 is 14.3 Å². The van der Waals surface area contributed by atoms with Crippen molar-refractivity contribution in [1.29, 1.82) is 0 Å². The fraction of sp³-hybridized carbons (Fsp3) is 0.421. The van der Waals surface area contributed by atoms with Gasteiger partial charge in [0.15, 0.2) is 0 Å². The molecule has 0 bridgehead atoms. The molecule has 3 rings (SSSR count). The summed E-state index contributed by atoms with van der Waals surface area (Å²) in [4.78, 5) is 16.2. The summed E-state index contributed by atoms with van der Waals surface area (Å²) in [5.74, 6) is 0.187. The van der Waals surface area contributed by atoms with Gasteiger partial charge in [0.05, 0.1) is 12.3 Å². The molecule has 1 fully saturated rings. The van der Waals surface area contributed by atoms with Gasteiger partial charge in [0.1, 0.15) is 11.9 Å². The Morgan fingerprint density at radius 2 is 1.92 bits per heavy atom. The highest BCUT2D eigenvalue weighted by atomic mass is 19.1. The summed E-state index contributed by atoms with van der Waals surface area (Å²) in [7, 11) is 0. The summed E-state index contributed by atoms with van der Waals surface area (Å²) in [6, 6.07) is 4.93. The summed E-state index contributed by atoms with van der Waals surface area (Å²) in [6.45, 7) is 5.11. The van der Waals surface area contributed by atoms with Gasteiger partial charge in [-0.25, -0.2) is 14.4 Å². The predicted octanol–water partition coefficient (Wildman–Crippen LogP) is 3.16. The first-order chi connectivity index (χ1) is 12.6. The first-order valence-corrected chi connectivity index (χ1v) is 8.75. The van der Waals surface area contributed by atoms with E-state index in [2.05, 4.69) is 20.0 Å². The molecule has 26 heavy (non-hydrogen) atoms. The van der Waals surface area contributed by atoms with Crippen LogP contribution in [0.15, 0.2) is 35.7 Å². The highest BCUT2D eigenvalue weighted by Gasteiger charge is 2.18. The third-order valence-electron chi connectivity index (χ3n) is 4.21. The summed E-state index contributed by atoms with van der Waals surface area (Å²) in [5.41, 5.74) is 2.29. The molecule has 0 atom stereocenters. The number of hydrogen-bond acceptors (Lipinski definition) is 6. The number of nitrogens with zero attached hydrogens (tertiary/aromatic N) is 4. The minimum Gasteiger partial charge on any atom is -0.393 e. The molecule has 0 unspecified atom stereocenters. The Hall–Kier alpha value is -2.54. The van der Waals surface area contributed by atoms with Crippen LogP contribution < -0.4 is 4.90 Å². The van der Waals surface area contributed by atoms with E-state index in [1.54, 1.807) is 30.6 Å². The van der Waals surface area contributed by atoms with Gasteiger partial charge >= 0.3 is 0 Å². The number of halogens is 1. The molecule has 0 spiro atoms. The van der Waals surface area contributed by atoms with E-state index >= 15 is 0 Å². The molecule has 138 valence electrons. The number of aliphatic hydroxyl groups excluding tert-OH is 1. The van der Waals surface area contributed by atoms with Crippen molar-refractivity contribution in [3.63, 3.8) is 0 Å². The highest BCUT2D eigenvalue weighted by Crippen LogP contribution is 2.25. The van der Waals surface area contributed by atoms with Gasteiger partial charge < -0.3 is 14.8 Å². The monoisotopic (exact) mass is 358 g/mol. The van der Waals surface area contributed by atoms with Gasteiger partial charge in [0.2, 0.25) is 5.95 Å². The van der Waals surface area contributed by atoms with Crippen LogP contribution in [-0.4, -0.2) is 40.0 Å². The zero-order chi connectivity index (χ0) is 18.5. The van der Waals surface area contributed by atoms with Crippen LogP contribution in [-0.2, 0) is 11.4 Å². The van der Waals surface area contributed by atoms with E-state index in [1.807, 2.05) is 13.8 Å². The standard InChI is InChI=1S/C19H23FN4O2/c1-13(2)26-23-16-6-8-24(9-7-16)19-21-10-15(11-22-19)17-5-3-4-14(12-25)18(17)20/h3-5,10-11,13,25H,6-9,12H2,1-2H3. The molecule has 2 aromatic rings. The Bertz CT molecular complexity index is 768. The van der Waals surface area contributed by atoms with Crippen molar-refractivity contribution in [3.8, 4) is 11.1 Å². The number of anilines is 1. The van der Waals surface area contributed by atoms with Crippen LogP contribution in [0.25, 0.3) is 11.1 Å². The van der Waals surface area contributed by atoms with Crippen LogP contribution in [0.1, 0.15) is 32.3 Å². The molecule has 0 amide bonds. The molecular formula is C19H23FN4O2. The maximum atomic E-state index is 14.3. The summed E-state index contributed by atoms with van der Waals surface area (Å²) >= 11 is 0. The predicted molar refractivity (Wildman–Crippen MR) is 98.5 cm³/mol. The molecule has 1 aromatic carbocycles. The molecule has 1 aromatic heterocycles.